The van der Waals surface area contributed by atoms with Crippen LogP contribution in [-0.2, 0) is 33.4 Å². The molecule has 0 bridgehead atoms. The molecule has 452 valence electrons. The van der Waals surface area contributed by atoms with E-state index in [0.29, 0.717) is 69.2 Å². The molecule has 0 radical (unpaired) electrons. The lowest BCUT2D eigenvalue weighted by atomic mass is 9.96. The Balaban J connectivity index is 0.000000241. The van der Waals surface area contributed by atoms with Crippen molar-refractivity contribution in [1.82, 2.24) is 50.7 Å². The van der Waals surface area contributed by atoms with Gasteiger partial charge in [-0.15, -0.1) is 0 Å². The summed E-state index contributed by atoms with van der Waals surface area (Å²) in [6.45, 7) is 28.9. The van der Waals surface area contributed by atoms with Gasteiger partial charge in [0.05, 0.1) is 35.9 Å². The number of rotatable bonds is 12. The number of benzene rings is 2. The minimum absolute atomic E-state index is 0.0578. The molecule has 6 heterocycles. The van der Waals surface area contributed by atoms with E-state index in [9.17, 15) is 19.2 Å². The highest BCUT2D eigenvalue weighted by Crippen LogP contribution is 2.38. The van der Waals surface area contributed by atoms with Crippen LogP contribution in [0.25, 0.3) is 22.3 Å². The molecule has 2 aliphatic heterocycles. The number of nitrogens with one attached hydrogen (secondary N) is 2. The fourth-order valence-corrected chi connectivity index (χ4v) is 9.67. The number of carbonyl (C=O) groups is 4. The third-order valence-corrected chi connectivity index (χ3v) is 14.6. The summed E-state index contributed by atoms with van der Waals surface area (Å²) in [5.74, 6) is -1.18. The van der Waals surface area contributed by atoms with Crippen LogP contribution in [0.1, 0.15) is 164 Å². The van der Waals surface area contributed by atoms with Crippen molar-refractivity contribution in [2.24, 2.45) is 0 Å². The maximum Gasteiger partial charge on any atom is 0.410 e. The van der Waals surface area contributed by atoms with E-state index in [1.165, 1.54) is 0 Å². The molecule has 0 saturated carbocycles. The second-order valence-electron chi connectivity index (χ2n) is 25.6. The number of anilines is 2. The summed E-state index contributed by atoms with van der Waals surface area (Å²) in [5, 5.41) is 13.3. The molecule has 2 atom stereocenters. The first kappa shape index (κ1) is 63.5. The number of hydrogen-bond acceptors (Lipinski definition) is 16. The number of aromatic nitrogens is 6. The van der Waals surface area contributed by atoms with Crippen LogP contribution in [0.3, 0.4) is 0 Å². The molecule has 2 saturated heterocycles. The van der Waals surface area contributed by atoms with Crippen molar-refractivity contribution in [1.29, 1.82) is 0 Å². The van der Waals surface area contributed by atoms with E-state index in [0.717, 1.165) is 50.1 Å². The molecule has 22 heteroatoms. The van der Waals surface area contributed by atoms with Crippen LogP contribution in [0, 0.1) is 25.5 Å². The number of piperidine rings is 2. The van der Waals surface area contributed by atoms with Gasteiger partial charge in [0.15, 0.2) is 11.6 Å². The zero-order valence-electron chi connectivity index (χ0n) is 51.5. The van der Waals surface area contributed by atoms with E-state index < -0.39 is 23.0 Å². The molecule has 2 N–H and O–H groups in total. The predicted molar refractivity (Wildman–Crippen MR) is 316 cm³/mol. The van der Waals surface area contributed by atoms with E-state index in [1.54, 1.807) is 86.8 Å². The Hall–Kier alpha value is -8.04. The number of ether oxygens (including phenoxy) is 2. The van der Waals surface area contributed by atoms with Crippen molar-refractivity contribution in [3.05, 3.63) is 119 Å². The quantitative estimate of drug-likeness (QED) is 0.116. The lowest BCUT2D eigenvalue weighted by molar-refractivity contribution is 0.0199. The number of likely N-dealkylation sites (N-methyl/N-ethyl adjacent to an activating group) is 2. The van der Waals surface area contributed by atoms with Crippen LogP contribution >= 0.6 is 0 Å². The van der Waals surface area contributed by atoms with Gasteiger partial charge < -0.3 is 48.8 Å². The van der Waals surface area contributed by atoms with Crippen LogP contribution in [0.5, 0.6) is 0 Å². The van der Waals surface area contributed by atoms with E-state index in [-0.39, 0.29) is 71.6 Å². The third-order valence-electron chi connectivity index (χ3n) is 14.6. The van der Waals surface area contributed by atoms with E-state index >= 15 is 8.78 Å². The number of pyridine rings is 2. The summed E-state index contributed by atoms with van der Waals surface area (Å²) in [6, 6.07) is 10.6. The highest BCUT2D eigenvalue weighted by Gasteiger charge is 2.33. The van der Waals surface area contributed by atoms with Gasteiger partial charge in [0, 0.05) is 98.8 Å². The Morgan fingerprint density at radius 1 is 0.583 bits per heavy atom. The molecule has 2 fully saturated rings. The highest BCUT2D eigenvalue weighted by molar-refractivity contribution is 5.90. The maximum atomic E-state index is 15.9. The number of amides is 4. The highest BCUT2D eigenvalue weighted by atomic mass is 19.1. The van der Waals surface area contributed by atoms with Gasteiger partial charge in [-0.25, -0.2) is 18.4 Å². The van der Waals surface area contributed by atoms with Gasteiger partial charge in [-0.2, -0.15) is 9.97 Å². The van der Waals surface area contributed by atoms with Crippen LogP contribution in [0.15, 0.2) is 70.2 Å². The summed E-state index contributed by atoms with van der Waals surface area (Å²) in [5.41, 5.74) is 4.14. The van der Waals surface area contributed by atoms with Gasteiger partial charge in [-0.1, -0.05) is 76.1 Å². The summed E-state index contributed by atoms with van der Waals surface area (Å²) in [6.07, 6.45) is 9.46. The van der Waals surface area contributed by atoms with Crippen molar-refractivity contribution in [3.63, 3.8) is 0 Å². The summed E-state index contributed by atoms with van der Waals surface area (Å²) in [4.78, 5) is 75.2. The normalized spacial score (nSPS) is 15.8. The number of halogens is 2. The Kier molecular flexibility index (Phi) is 19.5. The molecule has 4 aromatic heterocycles. The van der Waals surface area contributed by atoms with Gasteiger partial charge in [-0.3, -0.25) is 19.6 Å². The van der Waals surface area contributed by atoms with Crippen molar-refractivity contribution in [2.75, 3.05) is 50.1 Å². The lowest BCUT2D eigenvalue weighted by Gasteiger charge is -2.39. The monoisotopic (exact) mass is 1160 g/mol. The van der Waals surface area contributed by atoms with E-state index in [4.69, 9.17) is 18.5 Å². The van der Waals surface area contributed by atoms with Gasteiger partial charge in [0.25, 0.3) is 0 Å². The number of hydrogen-bond donors (Lipinski definition) is 2. The minimum atomic E-state index is -0.580. The predicted octanol–water partition coefficient (Wildman–Crippen LogP) is 11.3. The smallest absolute Gasteiger partial charge is 0.410 e. The molecular weight excluding hydrogens is 1080 g/mol. The van der Waals surface area contributed by atoms with Crippen LogP contribution in [0.2, 0.25) is 0 Å². The molecular formula is C62H82F2N12O8. The van der Waals surface area contributed by atoms with E-state index in [1.807, 2.05) is 95.2 Å². The molecule has 2 aliphatic rings. The molecule has 8 rings (SSSR count). The van der Waals surface area contributed by atoms with Crippen molar-refractivity contribution in [3.8, 4) is 22.3 Å². The first-order valence-electron chi connectivity index (χ1n) is 28.4. The van der Waals surface area contributed by atoms with Gasteiger partial charge in [0.1, 0.15) is 22.8 Å². The summed E-state index contributed by atoms with van der Waals surface area (Å²) in [7, 11) is 3.52. The molecule has 84 heavy (non-hydrogen) atoms. The molecule has 6 aromatic rings. The topological polar surface area (TPSA) is 227 Å². The molecule has 20 nitrogen and oxygen atoms in total. The molecule has 2 unspecified atom stereocenters. The van der Waals surface area contributed by atoms with Crippen LogP contribution < -0.4 is 20.4 Å². The lowest BCUT2D eigenvalue weighted by Crippen LogP contribution is -2.50. The molecule has 0 aliphatic carbocycles. The third kappa shape index (κ3) is 15.8. The van der Waals surface area contributed by atoms with Gasteiger partial charge >= 0.3 is 35.8 Å². The van der Waals surface area contributed by atoms with E-state index in [2.05, 4.69) is 50.7 Å². The average Bonchev–Trinajstić information content (AvgIpc) is 4.20. The second kappa shape index (κ2) is 25.8. The van der Waals surface area contributed by atoms with Crippen molar-refractivity contribution >= 4 is 35.4 Å². The average molecular weight is 1160 g/mol. The largest absolute Gasteiger partial charge is 0.444 e. The van der Waals surface area contributed by atoms with Crippen molar-refractivity contribution < 1.29 is 46.5 Å². The molecule has 2 aromatic carbocycles. The minimum Gasteiger partial charge on any atom is -0.444 e. The zero-order chi connectivity index (χ0) is 61.6. The Morgan fingerprint density at radius 2 is 0.952 bits per heavy atom. The molecule has 0 spiro atoms. The second-order valence-corrected chi connectivity index (χ2v) is 25.6. The SMILES string of the molecule is Cc1c(CNC(=O)c2nc(C(C)(C)C)no2)ccc(-c2ccncc2N2CCCC(N(C)C(=O)OC(C)(C)C)C2)c1F.Cc1c(CNC(=O)c2nc(C(C)(C)C)no2)ccc(-c2ccncc2N2CCCC(N(C)C(=O)OC(C)(C)C)C2)c1F. The summed E-state index contributed by atoms with van der Waals surface area (Å²) >= 11 is 0. The van der Waals surface area contributed by atoms with Crippen molar-refractivity contribution in [2.45, 2.75) is 170 Å². The Morgan fingerprint density at radius 3 is 1.29 bits per heavy atom. The summed E-state index contributed by atoms with van der Waals surface area (Å²) < 4.78 is 53.1. The fraction of sp³-hybridized carbons (Fsp3) is 0.516. The first-order chi connectivity index (χ1) is 39.3. The number of nitrogens with zero attached hydrogens (tertiary/aromatic N) is 10. The maximum absolute atomic E-state index is 15.9. The Labute approximate surface area is 491 Å². The molecule has 4 amide bonds. The van der Waals surface area contributed by atoms with Crippen LogP contribution in [-0.4, -0.2) is 128 Å². The van der Waals surface area contributed by atoms with Gasteiger partial charge in [-0.05, 0) is 115 Å². The fourth-order valence-electron chi connectivity index (χ4n) is 9.67. The number of carbonyl (C=O) groups excluding carboxylic acids is 4. The Bertz CT molecular complexity index is 3100. The standard InChI is InChI=1S/2C31H41FN6O4/c2*1-19-20(16-34-26(39)27-35-28(36-42-27)30(2,3)4)11-12-23(25(19)32)22-13-14-33-17-24(22)38-15-9-10-21(18-38)37(8)29(40)41-31(5,6)7/h2*11-14,17,21H,9-10,15-16,18H2,1-8H3,(H,34,39). The zero-order valence-corrected chi connectivity index (χ0v) is 51.5. The first-order valence-corrected chi connectivity index (χ1v) is 28.4. The van der Waals surface area contributed by atoms with Crippen LogP contribution in [0.4, 0.5) is 29.7 Å². The van der Waals surface area contributed by atoms with Gasteiger partial charge in [0.2, 0.25) is 0 Å².